The fourth-order valence-electron chi connectivity index (χ4n) is 1.59. The Morgan fingerprint density at radius 3 is 2.56 bits per heavy atom. The van der Waals surface area contributed by atoms with Crippen LogP contribution in [0.15, 0.2) is 6.07 Å². The molecule has 1 aromatic heterocycles. The summed E-state index contributed by atoms with van der Waals surface area (Å²) in [5.41, 5.74) is 5.71. The minimum Gasteiger partial charge on any atom is -0.384 e. The van der Waals surface area contributed by atoms with Crippen LogP contribution in [-0.2, 0) is 4.79 Å². The molecule has 0 radical (unpaired) electrons. The molecular weight excluding hydrogens is 230 g/mol. The van der Waals surface area contributed by atoms with Crippen LogP contribution >= 0.6 is 0 Å². The number of likely N-dealkylation sites (N-methyl/N-ethyl adjacent to an activating group) is 1. The van der Waals surface area contributed by atoms with Crippen LogP contribution < -0.4 is 10.6 Å². The Balaban J connectivity index is 2.93. The number of hydrogen-bond acceptors (Lipinski definition) is 5. The van der Waals surface area contributed by atoms with Gasteiger partial charge in [0.1, 0.15) is 17.5 Å². The number of rotatable bonds is 5. The highest BCUT2D eigenvalue weighted by molar-refractivity contribution is 5.80. The molecule has 6 nitrogen and oxygen atoms in total. The zero-order valence-electron chi connectivity index (χ0n) is 11.5. The van der Waals surface area contributed by atoms with Gasteiger partial charge < -0.3 is 15.5 Å². The molecule has 2 N–H and O–H groups in total. The van der Waals surface area contributed by atoms with E-state index in [9.17, 15) is 4.79 Å². The normalized spacial score (nSPS) is 10.2. The summed E-state index contributed by atoms with van der Waals surface area (Å²) in [6, 6.07) is 1.70. The zero-order valence-corrected chi connectivity index (χ0v) is 11.5. The predicted molar refractivity (Wildman–Crippen MR) is 72.4 cm³/mol. The first-order valence-corrected chi connectivity index (χ1v) is 6.00. The van der Waals surface area contributed by atoms with E-state index in [1.807, 2.05) is 4.90 Å². The molecule has 1 heterocycles. The van der Waals surface area contributed by atoms with Crippen molar-refractivity contribution in [3.05, 3.63) is 11.9 Å². The Hall–Kier alpha value is -1.85. The summed E-state index contributed by atoms with van der Waals surface area (Å²) in [6.07, 6.45) is 0.934. The molecule has 0 aliphatic heterocycles. The maximum Gasteiger partial charge on any atom is 0.241 e. The van der Waals surface area contributed by atoms with E-state index in [2.05, 4.69) is 16.9 Å². The molecule has 0 fully saturated rings. The molecule has 0 saturated heterocycles. The second kappa shape index (κ2) is 6.18. The van der Waals surface area contributed by atoms with Crippen LogP contribution in [0.5, 0.6) is 0 Å². The summed E-state index contributed by atoms with van der Waals surface area (Å²) in [5, 5.41) is 0. The van der Waals surface area contributed by atoms with Crippen molar-refractivity contribution in [3.63, 3.8) is 0 Å². The van der Waals surface area contributed by atoms with Gasteiger partial charge in [0.15, 0.2) is 0 Å². The predicted octanol–water partition coefficient (Wildman–Crippen LogP) is 0.672. The lowest BCUT2D eigenvalue weighted by molar-refractivity contribution is -0.127. The van der Waals surface area contributed by atoms with Crippen LogP contribution in [-0.4, -0.2) is 48.0 Å². The van der Waals surface area contributed by atoms with Crippen LogP contribution in [0.3, 0.4) is 0 Å². The lowest BCUT2D eigenvalue weighted by Gasteiger charge is -2.24. The molecule has 0 atom stereocenters. The number of aromatic nitrogens is 2. The fraction of sp³-hybridized carbons (Fsp3) is 0.583. The number of carbonyl (C=O) groups excluding carboxylic acids is 1. The first-order chi connectivity index (χ1) is 8.43. The minimum absolute atomic E-state index is 0.0401. The third kappa shape index (κ3) is 3.87. The van der Waals surface area contributed by atoms with Gasteiger partial charge in [0, 0.05) is 26.7 Å². The number of nitrogen functional groups attached to an aromatic ring is 1. The standard InChI is InChI=1S/C12H21N5O/c1-5-6-17(8-12(18)16(3)4)11-7-10(13)14-9(2)15-11/h7H,5-6,8H2,1-4H3,(H2,13,14,15). The highest BCUT2D eigenvalue weighted by Crippen LogP contribution is 2.14. The van der Waals surface area contributed by atoms with Crippen molar-refractivity contribution in [3.8, 4) is 0 Å². The van der Waals surface area contributed by atoms with E-state index in [0.717, 1.165) is 13.0 Å². The number of nitrogens with zero attached hydrogens (tertiary/aromatic N) is 4. The van der Waals surface area contributed by atoms with Gasteiger partial charge >= 0.3 is 0 Å². The van der Waals surface area contributed by atoms with Crippen LogP contribution in [0.25, 0.3) is 0 Å². The van der Waals surface area contributed by atoms with Crippen LogP contribution in [0.1, 0.15) is 19.2 Å². The van der Waals surface area contributed by atoms with Gasteiger partial charge in [-0.1, -0.05) is 6.92 Å². The summed E-state index contributed by atoms with van der Waals surface area (Å²) >= 11 is 0. The van der Waals surface area contributed by atoms with Gasteiger partial charge in [-0.15, -0.1) is 0 Å². The van der Waals surface area contributed by atoms with Crippen molar-refractivity contribution in [2.45, 2.75) is 20.3 Å². The number of carbonyl (C=O) groups is 1. The summed E-state index contributed by atoms with van der Waals surface area (Å²) in [4.78, 5) is 23.6. The van der Waals surface area contributed by atoms with E-state index < -0.39 is 0 Å². The lowest BCUT2D eigenvalue weighted by Crippen LogP contribution is -2.37. The number of aryl methyl sites for hydroxylation is 1. The quantitative estimate of drug-likeness (QED) is 0.832. The maximum atomic E-state index is 11.8. The SMILES string of the molecule is CCCN(CC(=O)N(C)C)c1cc(N)nc(C)n1. The van der Waals surface area contributed by atoms with E-state index in [0.29, 0.717) is 24.0 Å². The van der Waals surface area contributed by atoms with Gasteiger partial charge in [-0.05, 0) is 13.3 Å². The molecule has 0 unspecified atom stereocenters. The average Bonchev–Trinajstić information content (AvgIpc) is 2.26. The van der Waals surface area contributed by atoms with Crippen LogP contribution in [0.4, 0.5) is 11.6 Å². The molecule has 1 aromatic rings. The van der Waals surface area contributed by atoms with Gasteiger partial charge in [-0.2, -0.15) is 0 Å². The molecule has 1 amide bonds. The summed E-state index contributed by atoms with van der Waals surface area (Å²) < 4.78 is 0. The van der Waals surface area contributed by atoms with Crippen LogP contribution in [0, 0.1) is 6.92 Å². The number of amides is 1. The van der Waals surface area contributed by atoms with Crippen molar-refractivity contribution >= 4 is 17.5 Å². The van der Waals surface area contributed by atoms with Gasteiger partial charge in [0.25, 0.3) is 0 Å². The van der Waals surface area contributed by atoms with Gasteiger partial charge in [-0.3, -0.25) is 4.79 Å². The van der Waals surface area contributed by atoms with Gasteiger partial charge in [-0.25, -0.2) is 9.97 Å². The molecule has 18 heavy (non-hydrogen) atoms. The van der Waals surface area contributed by atoms with E-state index in [1.165, 1.54) is 0 Å². The molecule has 0 aliphatic carbocycles. The summed E-state index contributed by atoms with van der Waals surface area (Å²) in [7, 11) is 3.48. The fourth-order valence-corrected chi connectivity index (χ4v) is 1.59. The Kier molecular flexibility index (Phi) is 4.88. The van der Waals surface area contributed by atoms with E-state index in [1.54, 1.807) is 32.0 Å². The Morgan fingerprint density at radius 2 is 2.06 bits per heavy atom. The molecule has 0 bridgehead atoms. The largest absolute Gasteiger partial charge is 0.384 e. The Bertz CT molecular complexity index is 399. The number of anilines is 2. The molecule has 1 rings (SSSR count). The van der Waals surface area contributed by atoms with Crippen molar-refractivity contribution in [2.75, 3.05) is 37.8 Å². The maximum absolute atomic E-state index is 11.8. The smallest absolute Gasteiger partial charge is 0.241 e. The van der Waals surface area contributed by atoms with Crippen molar-refractivity contribution in [1.29, 1.82) is 0 Å². The lowest BCUT2D eigenvalue weighted by atomic mass is 10.3. The first-order valence-electron chi connectivity index (χ1n) is 6.00. The molecular formula is C12H21N5O. The molecule has 0 aromatic carbocycles. The molecule has 0 spiro atoms. The molecule has 0 saturated carbocycles. The van der Waals surface area contributed by atoms with Gasteiger partial charge in [0.2, 0.25) is 5.91 Å². The number of hydrogen-bond donors (Lipinski definition) is 1. The first kappa shape index (κ1) is 14.2. The molecule has 0 aliphatic rings. The highest BCUT2D eigenvalue weighted by atomic mass is 16.2. The average molecular weight is 251 g/mol. The Labute approximate surface area is 108 Å². The highest BCUT2D eigenvalue weighted by Gasteiger charge is 2.14. The van der Waals surface area contributed by atoms with E-state index >= 15 is 0 Å². The molecule has 100 valence electrons. The van der Waals surface area contributed by atoms with E-state index in [-0.39, 0.29) is 5.91 Å². The zero-order chi connectivity index (χ0) is 13.7. The third-order valence-electron chi connectivity index (χ3n) is 2.49. The van der Waals surface area contributed by atoms with Crippen LogP contribution in [0.2, 0.25) is 0 Å². The molecule has 6 heteroatoms. The summed E-state index contributed by atoms with van der Waals surface area (Å²) in [5.74, 6) is 1.79. The number of nitrogens with two attached hydrogens (primary N) is 1. The topological polar surface area (TPSA) is 75.4 Å². The second-order valence-corrected chi connectivity index (χ2v) is 4.41. The third-order valence-corrected chi connectivity index (χ3v) is 2.49. The van der Waals surface area contributed by atoms with Crippen molar-refractivity contribution < 1.29 is 4.79 Å². The van der Waals surface area contributed by atoms with E-state index in [4.69, 9.17) is 5.73 Å². The van der Waals surface area contributed by atoms with Crippen molar-refractivity contribution in [1.82, 2.24) is 14.9 Å². The monoisotopic (exact) mass is 251 g/mol. The minimum atomic E-state index is 0.0401. The van der Waals surface area contributed by atoms with Crippen molar-refractivity contribution in [2.24, 2.45) is 0 Å². The Morgan fingerprint density at radius 1 is 1.39 bits per heavy atom. The summed E-state index contributed by atoms with van der Waals surface area (Å²) in [6.45, 7) is 4.91. The van der Waals surface area contributed by atoms with Gasteiger partial charge in [0.05, 0.1) is 6.54 Å². The second-order valence-electron chi connectivity index (χ2n) is 4.41.